The molecule has 0 spiro atoms. The first-order chi connectivity index (χ1) is 8.65. The largest absolute Gasteiger partial charge is 0.396 e. The van der Waals surface area contributed by atoms with Crippen LogP contribution in [0.4, 0.5) is 0 Å². The van der Waals surface area contributed by atoms with Crippen molar-refractivity contribution in [3.63, 3.8) is 0 Å². The monoisotopic (exact) mass is 256 g/mol. The van der Waals surface area contributed by atoms with E-state index in [2.05, 4.69) is 23.6 Å². The molecule has 2 rings (SSSR count). The highest BCUT2D eigenvalue weighted by molar-refractivity contribution is 4.86. The van der Waals surface area contributed by atoms with Gasteiger partial charge in [0.2, 0.25) is 0 Å². The summed E-state index contributed by atoms with van der Waals surface area (Å²) >= 11 is 0. The lowest BCUT2D eigenvalue weighted by molar-refractivity contribution is -0.0415. The minimum Gasteiger partial charge on any atom is -0.396 e. The Hall–Kier alpha value is -0.160. The quantitative estimate of drug-likeness (QED) is 0.807. The second-order valence-electron chi connectivity index (χ2n) is 6.18. The van der Waals surface area contributed by atoms with Gasteiger partial charge in [-0.15, -0.1) is 0 Å². The first kappa shape index (κ1) is 14.3. The summed E-state index contributed by atoms with van der Waals surface area (Å²) in [5.74, 6) is 0. The minimum absolute atomic E-state index is 0.0955. The van der Waals surface area contributed by atoms with E-state index in [1.165, 1.54) is 0 Å². The summed E-state index contributed by atoms with van der Waals surface area (Å²) in [6, 6.07) is 0.655. The number of hydrogen-bond acceptors (Lipinski definition) is 4. The van der Waals surface area contributed by atoms with Gasteiger partial charge in [0.1, 0.15) is 0 Å². The lowest BCUT2D eigenvalue weighted by Crippen LogP contribution is -2.53. The van der Waals surface area contributed by atoms with Crippen molar-refractivity contribution in [1.29, 1.82) is 0 Å². The van der Waals surface area contributed by atoms with E-state index in [4.69, 9.17) is 4.74 Å². The third kappa shape index (κ3) is 3.44. The molecule has 4 nitrogen and oxygen atoms in total. The summed E-state index contributed by atoms with van der Waals surface area (Å²) in [6.07, 6.45) is 2.02. The van der Waals surface area contributed by atoms with Gasteiger partial charge in [-0.05, 0) is 26.7 Å². The Bertz CT molecular complexity index is 244. The molecule has 4 heteroatoms. The molecule has 0 radical (unpaired) electrons. The molecule has 0 aromatic rings. The fourth-order valence-electron chi connectivity index (χ4n) is 3.08. The molecule has 2 aliphatic rings. The van der Waals surface area contributed by atoms with Gasteiger partial charge in [0, 0.05) is 57.4 Å². The number of rotatable bonds is 4. The van der Waals surface area contributed by atoms with Crippen LogP contribution in [0.2, 0.25) is 0 Å². The summed E-state index contributed by atoms with van der Waals surface area (Å²) in [6.45, 7) is 12.1. The Morgan fingerprint density at radius 3 is 2.22 bits per heavy atom. The normalized spacial score (nSPS) is 26.7. The zero-order valence-electron chi connectivity index (χ0n) is 11.9. The van der Waals surface area contributed by atoms with Gasteiger partial charge >= 0.3 is 0 Å². The summed E-state index contributed by atoms with van der Waals surface area (Å²) in [7, 11) is 0. The first-order valence-electron chi connectivity index (χ1n) is 7.30. The topological polar surface area (TPSA) is 35.9 Å². The lowest BCUT2D eigenvalue weighted by Gasteiger charge is -2.43. The number of piperazine rings is 1. The molecule has 0 aromatic carbocycles. The van der Waals surface area contributed by atoms with E-state index in [9.17, 15) is 5.11 Å². The average Bonchev–Trinajstić information content (AvgIpc) is 2.40. The van der Waals surface area contributed by atoms with Crippen molar-refractivity contribution >= 4 is 0 Å². The Morgan fingerprint density at radius 2 is 1.72 bits per heavy atom. The first-order valence-corrected chi connectivity index (χ1v) is 7.30. The number of nitrogens with zero attached hydrogens (tertiary/aromatic N) is 2. The molecule has 0 amide bonds. The molecular weight excluding hydrogens is 228 g/mol. The Kier molecular flexibility index (Phi) is 5.01. The average molecular weight is 256 g/mol. The molecule has 18 heavy (non-hydrogen) atoms. The number of ether oxygens (including phenoxy) is 1. The van der Waals surface area contributed by atoms with Gasteiger partial charge in [0.15, 0.2) is 0 Å². The standard InChI is InChI=1S/C14H28N2O2/c1-13(2)16-7-5-15(6-8-16)11-14(12-17)3-9-18-10-4-14/h13,17H,3-12H2,1-2H3. The predicted molar refractivity (Wildman–Crippen MR) is 72.7 cm³/mol. The van der Waals surface area contributed by atoms with Crippen molar-refractivity contribution in [2.75, 3.05) is 52.5 Å². The molecule has 0 atom stereocenters. The van der Waals surface area contributed by atoms with Crippen molar-refractivity contribution in [2.24, 2.45) is 5.41 Å². The van der Waals surface area contributed by atoms with Crippen LogP contribution in [0.5, 0.6) is 0 Å². The second kappa shape index (κ2) is 6.33. The van der Waals surface area contributed by atoms with E-state index in [1.54, 1.807) is 0 Å². The summed E-state index contributed by atoms with van der Waals surface area (Å²) in [5, 5.41) is 9.72. The summed E-state index contributed by atoms with van der Waals surface area (Å²) in [4.78, 5) is 5.06. The fourth-order valence-corrected chi connectivity index (χ4v) is 3.08. The van der Waals surface area contributed by atoms with Crippen LogP contribution in [0.1, 0.15) is 26.7 Å². The Morgan fingerprint density at radius 1 is 1.11 bits per heavy atom. The number of hydrogen-bond donors (Lipinski definition) is 1. The molecule has 2 aliphatic heterocycles. The lowest BCUT2D eigenvalue weighted by atomic mass is 9.80. The van der Waals surface area contributed by atoms with E-state index in [0.29, 0.717) is 12.6 Å². The third-order valence-electron chi connectivity index (χ3n) is 4.59. The number of aliphatic hydroxyl groups excluding tert-OH is 1. The highest BCUT2D eigenvalue weighted by atomic mass is 16.5. The Balaban J connectivity index is 1.82. The molecule has 106 valence electrons. The zero-order chi connectivity index (χ0) is 13.0. The molecule has 2 heterocycles. The van der Waals surface area contributed by atoms with Gasteiger partial charge in [-0.3, -0.25) is 4.90 Å². The Labute approximate surface area is 111 Å². The maximum Gasteiger partial charge on any atom is 0.0501 e. The van der Waals surface area contributed by atoms with Crippen molar-refractivity contribution in [2.45, 2.75) is 32.7 Å². The van der Waals surface area contributed by atoms with Crippen LogP contribution in [0.15, 0.2) is 0 Å². The predicted octanol–water partition coefficient (Wildman–Crippen LogP) is 0.802. The van der Waals surface area contributed by atoms with Gasteiger partial charge < -0.3 is 14.7 Å². The maximum atomic E-state index is 9.72. The van der Waals surface area contributed by atoms with Gasteiger partial charge in [-0.2, -0.15) is 0 Å². The summed E-state index contributed by atoms with van der Waals surface area (Å²) in [5.41, 5.74) is 0.0955. The molecule has 2 fully saturated rings. The van der Waals surface area contributed by atoms with Crippen LogP contribution < -0.4 is 0 Å². The molecule has 0 unspecified atom stereocenters. The van der Waals surface area contributed by atoms with Crippen molar-refractivity contribution in [3.8, 4) is 0 Å². The van der Waals surface area contributed by atoms with Crippen molar-refractivity contribution in [3.05, 3.63) is 0 Å². The van der Waals surface area contributed by atoms with E-state index in [1.807, 2.05) is 0 Å². The van der Waals surface area contributed by atoms with Crippen LogP contribution >= 0.6 is 0 Å². The van der Waals surface area contributed by atoms with Crippen molar-refractivity contribution in [1.82, 2.24) is 9.80 Å². The van der Waals surface area contributed by atoms with Crippen LogP contribution in [0.3, 0.4) is 0 Å². The molecule has 0 saturated carbocycles. The van der Waals surface area contributed by atoms with Crippen LogP contribution in [0, 0.1) is 5.41 Å². The number of aliphatic hydroxyl groups is 1. The van der Waals surface area contributed by atoms with Gasteiger partial charge in [0.05, 0.1) is 6.61 Å². The molecule has 2 saturated heterocycles. The van der Waals surface area contributed by atoms with E-state index >= 15 is 0 Å². The summed E-state index contributed by atoms with van der Waals surface area (Å²) < 4.78 is 5.43. The highest BCUT2D eigenvalue weighted by Crippen LogP contribution is 2.31. The molecule has 0 bridgehead atoms. The van der Waals surface area contributed by atoms with E-state index in [-0.39, 0.29) is 5.41 Å². The molecule has 0 aliphatic carbocycles. The molecular formula is C14H28N2O2. The van der Waals surface area contributed by atoms with Crippen LogP contribution in [-0.4, -0.2) is 73.5 Å². The minimum atomic E-state index is 0.0955. The fraction of sp³-hybridized carbons (Fsp3) is 1.00. The highest BCUT2D eigenvalue weighted by Gasteiger charge is 2.34. The van der Waals surface area contributed by atoms with Crippen LogP contribution in [0.25, 0.3) is 0 Å². The van der Waals surface area contributed by atoms with Crippen LogP contribution in [-0.2, 0) is 4.74 Å². The van der Waals surface area contributed by atoms with Gasteiger partial charge in [0.25, 0.3) is 0 Å². The third-order valence-corrected chi connectivity index (χ3v) is 4.59. The van der Waals surface area contributed by atoms with E-state index < -0.39 is 0 Å². The SMILES string of the molecule is CC(C)N1CCN(CC2(CO)CCOCC2)CC1. The maximum absolute atomic E-state index is 9.72. The van der Waals surface area contributed by atoms with Gasteiger partial charge in [-0.25, -0.2) is 0 Å². The smallest absolute Gasteiger partial charge is 0.0501 e. The van der Waals surface area contributed by atoms with Gasteiger partial charge in [-0.1, -0.05) is 0 Å². The molecule has 1 N–H and O–H groups in total. The zero-order valence-corrected chi connectivity index (χ0v) is 11.9. The van der Waals surface area contributed by atoms with E-state index in [0.717, 1.165) is 58.8 Å². The second-order valence-corrected chi connectivity index (χ2v) is 6.18. The molecule has 0 aromatic heterocycles. The van der Waals surface area contributed by atoms with Crippen molar-refractivity contribution < 1.29 is 9.84 Å².